The summed E-state index contributed by atoms with van der Waals surface area (Å²) in [6, 6.07) is 13.0. The Balaban J connectivity index is 1.07. The van der Waals surface area contributed by atoms with Gasteiger partial charge >= 0.3 is 0 Å². The normalized spacial score (nSPS) is 17.8. The highest BCUT2D eigenvalue weighted by Crippen LogP contribution is 2.38. The molecule has 2 aliphatic rings. The molecule has 34 heavy (non-hydrogen) atoms. The first-order valence-corrected chi connectivity index (χ1v) is 13.7. The van der Waals surface area contributed by atoms with E-state index in [0.717, 1.165) is 17.7 Å². The second kappa shape index (κ2) is 9.93. The summed E-state index contributed by atoms with van der Waals surface area (Å²) in [5, 5.41) is 22.2. The van der Waals surface area contributed by atoms with E-state index in [1.807, 2.05) is 12.1 Å². The van der Waals surface area contributed by atoms with E-state index >= 15 is 0 Å². The van der Waals surface area contributed by atoms with Crippen molar-refractivity contribution in [3.63, 3.8) is 0 Å². The summed E-state index contributed by atoms with van der Waals surface area (Å²) < 4.78 is 33.2. The molecule has 0 aliphatic heterocycles. The number of fused-ring (bicyclic) bond motifs is 1. The number of aromatic nitrogens is 2. The van der Waals surface area contributed by atoms with Gasteiger partial charge in [0.1, 0.15) is 12.4 Å². The van der Waals surface area contributed by atoms with Gasteiger partial charge in [0.25, 0.3) is 0 Å². The zero-order valence-electron chi connectivity index (χ0n) is 19.2. The van der Waals surface area contributed by atoms with Gasteiger partial charge in [-0.2, -0.15) is 5.10 Å². The van der Waals surface area contributed by atoms with Crippen molar-refractivity contribution in [2.75, 3.05) is 24.4 Å². The Morgan fingerprint density at radius 3 is 2.68 bits per heavy atom. The average Bonchev–Trinajstić information content (AvgIpc) is 3.13. The van der Waals surface area contributed by atoms with E-state index in [2.05, 4.69) is 26.3 Å². The molecular formula is C25H32N4O4S. The van der Waals surface area contributed by atoms with Crippen LogP contribution < -0.4 is 14.8 Å². The topological polar surface area (TPSA) is 116 Å². The largest absolute Gasteiger partial charge is 0.492 e. The van der Waals surface area contributed by atoms with Crippen LogP contribution >= 0.6 is 0 Å². The first-order valence-electron chi connectivity index (χ1n) is 12.1. The summed E-state index contributed by atoms with van der Waals surface area (Å²) in [5.41, 5.74) is 3.31. The number of benzene rings is 2. The Hall–Kier alpha value is -2.62. The van der Waals surface area contributed by atoms with Gasteiger partial charge in [0.15, 0.2) is 0 Å². The van der Waals surface area contributed by atoms with E-state index in [9.17, 15) is 13.5 Å². The Labute approximate surface area is 200 Å². The van der Waals surface area contributed by atoms with Crippen LogP contribution in [0.1, 0.15) is 61.8 Å². The molecule has 3 aromatic rings. The molecule has 2 aromatic carbocycles. The maximum atomic E-state index is 12.3. The third-order valence-electron chi connectivity index (χ3n) is 6.98. The second-order valence-corrected chi connectivity index (χ2v) is 11.3. The number of anilines is 1. The highest BCUT2D eigenvalue weighted by atomic mass is 32.2. The lowest BCUT2D eigenvalue weighted by atomic mass is 9.82. The van der Waals surface area contributed by atoms with E-state index < -0.39 is 16.1 Å². The van der Waals surface area contributed by atoms with Crippen molar-refractivity contribution in [1.29, 1.82) is 0 Å². The van der Waals surface area contributed by atoms with Crippen LogP contribution in [0, 0.1) is 0 Å². The van der Waals surface area contributed by atoms with Crippen LogP contribution in [0.5, 0.6) is 5.75 Å². The number of rotatable bonds is 11. The molecule has 2 saturated carbocycles. The van der Waals surface area contributed by atoms with Gasteiger partial charge in [-0.15, -0.1) is 0 Å². The van der Waals surface area contributed by atoms with Gasteiger partial charge in [-0.25, -0.2) is 8.42 Å². The fourth-order valence-corrected chi connectivity index (χ4v) is 6.02. The highest BCUT2D eigenvalue weighted by molar-refractivity contribution is 7.93. The molecule has 1 heterocycles. The number of aliphatic hydroxyl groups excluding tert-OH is 1. The first-order chi connectivity index (χ1) is 16.5. The van der Waals surface area contributed by atoms with Crippen LogP contribution in [0.3, 0.4) is 0 Å². The van der Waals surface area contributed by atoms with Crippen molar-refractivity contribution in [1.82, 2.24) is 15.5 Å². The summed E-state index contributed by atoms with van der Waals surface area (Å²) in [7, 11) is -3.36. The number of sulfonamides is 1. The molecule has 2 fully saturated rings. The lowest BCUT2D eigenvalue weighted by Crippen LogP contribution is -2.33. The van der Waals surface area contributed by atoms with Crippen molar-refractivity contribution < 1.29 is 18.3 Å². The van der Waals surface area contributed by atoms with Crippen molar-refractivity contribution in [3.8, 4) is 5.75 Å². The van der Waals surface area contributed by atoms with Gasteiger partial charge in [0.2, 0.25) is 10.0 Å². The Morgan fingerprint density at radius 2 is 1.94 bits per heavy atom. The summed E-state index contributed by atoms with van der Waals surface area (Å²) in [4.78, 5) is 0. The lowest BCUT2D eigenvalue weighted by molar-refractivity contribution is 0.172. The molecule has 2 aliphatic carbocycles. The van der Waals surface area contributed by atoms with Crippen LogP contribution in [0.25, 0.3) is 10.9 Å². The molecule has 8 nitrogen and oxygen atoms in total. The number of nitrogens with one attached hydrogen (secondary N) is 3. The van der Waals surface area contributed by atoms with Gasteiger partial charge < -0.3 is 15.2 Å². The first kappa shape index (κ1) is 23.1. The van der Waals surface area contributed by atoms with Crippen molar-refractivity contribution in [2.45, 2.75) is 55.8 Å². The van der Waals surface area contributed by atoms with Gasteiger partial charge in [0, 0.05) is 41.8 Å². The van der Waals surface area contributed by atoms with Crippen LogP contribution in [0.4, 0.5) is 5.69 Å². The fourth-order valence-electron chi connectivity index (χ4n) is 4.45. The number of aromatic amines is 1. The molecule has 5 rings (SSSR count). The zero-order chi connectivity index (χ0) is 23.5. The maximum Gasteiger partial charge on any atom is 0.235 e. The number of hydrogen-bond acceptors (Lipinski definition) is 6. The number of aliphatic hydroxyl groups is 1. The third-order valence-corrected chi connectivity index (χ3v) is 8.85. The summed E-state index contributed by atoms with van der Waals surface area (Å²) in [5.74, 6) is 1.38. The highest BCUT2D eigenvalue weighted by Gasteiger charge is 2.31. The molecule has 1 aromatic heterocycles. The third kappa shape index (κ3) is 5.06. The molecule has 9 heteroatoms. The average molecular weight is 485 g/mol. The Kier molecular flexibility index (Phi) is 6.76. The van der Waals surface area contributed by atoms with Gasteiger partial charge in [-0.1, -0.05) is 25.0 Å². The molecule has 1 unspecified atom stereocenters. The molecule has 1 atom stereocenters. The van der Waals surface area contributed by atoms with E-state index in [1.54, 1.807) is 24.3 Å². The second-order valence-electron chi connectivity index (χ2n) is 9.34. The molecule has 182 valence electrons. The van der Waals surface area contributed by atoms with Crippen LogP contribution in [0.2, 0.25) is 0 Å². The zero-order valence-corrected chi connectivity index (χ0v) is 20.0. The predicted octanol–water partition coefficient (Wildman–Crippen LogP) is 3.83. The maximum absolute atomic E-state index is 12.3. The van der Waals surface area contributed by atoms with Gasteiger partial charge in [-0.05, 0) is 55.5 Å². The minimum absolute atomic E-state index is 0.304. The smallest absolute Gasteiger partial charge is 0.235 e. The van der Waals surface area contributed by atoms with Crippen LogP contribution in [-0.4, -0.2) is 48.7 Å². The predicted molar refractivity (Wildman–Crippen MR) is 133 cm³/mol. The Morgan fingerprint density at radius 1 is 1.12 bits per heavy atom. The summed E-state index contributed by atoms with van der Waals surface area (Å²) in [6.07, 6.45) is 5.37. The number of H-pyrrole nitrogens is 1. The molecule has 0 bridgehead atoms. The molecule has 4 N–H and O–H groups in total. The number of hydrogen-bond donors (Lipinski definition) is 4. The van der Waals surface area contributed by atoms with Gasteiger partial charge in [-0.3, -0.25) is 9.82 Å². The summed E-state index contributed by atoms with van der Waals surface area (Å²) in [6.45, 7) is 1.36. The molecule has 0 saturated heterocycles. The van der Waals surface area contributed by atoms with E-state index in [1.165, 1.54) is 30.3 Å². The summed E-state index contributed by atoms with van der Waals surface area (Å²) >= 11 is 0. The van der Waals surface area contributed by atoms with Crippen molar-refractivity contribution >= 4 is 26.6 Å². The van der Waals surface area contributed by atoms with Crippen LogP contribution in [-0.2, 0) is 10.0 Å². The number of ether oxygens (including phenoxy) is 1. The fraction of sp³-hybridized carbons (Fsp3) is 0.480. The molecule has 0 radical (unpaired) electrons. The molecule has 0 spiro atoms. The SMILES string of the molecule is O=S(=O)(Nc1cccc(C(O)CNCCOc2ccc3c(C4CCC4)[nH]nc3c2)c1)C1CCC1. The minimum atomic E-state index is -3.36. The number of nitrogens with zero attached hydrogens (tertiary/aromatic N) is 1. The standard InChI is InChI=1S/C25H32N4O4S/c30-24(18-6-2-7-19(14-18)29-34(31,32)21-8-3-9-21)16-26-12-13-33-20-10-11-22-23(15-20)27-28-25(22)17-4-1-5-17/h2,6-7,10-11,14-15,17,21,24,26,29-30H,1,3-5,8-9,12-13,16H2,(H,27,28). The lowest BCUT2D eigenvalue weighted by Gasteiger charge is -2.25. The van der Waals surface area contributed by atoms with E-state index in [4.69, 9.17) is 4.74 Å². The molecule has 0 amide bonds. The Bertz CT molecular complexity index is 1230. The van der Waals surface area contributed by atoms with Crippen LogP contribution in [0.15, 0.2) is 42.5 Å². The van der Waals surface area contributed by atoms with Gasteiger partial charge in [0.05, 0.1) is 16.9 Å². The van der Waals surface area contributed by atoms with E-state index in [0.29, 0.717) is 49.7 Å². The van der Waals surface area contributed by atoms with E-state index in [-0.39, 0.29) is 5.25 Å². The minimum Gasteiger partial charge on any atom is -0.492 e. The monoisotopic (exact) mass is 484 g/mol. The quantitative estimate of drug-likeness (QED) is 0.308. The molecular weight excluding hydrogens is 452 g/mol. The van der Waals surface area contributed by atoms with Crippen molar-refractivity contribution in [3.05, 3.63) is 53.7 Å². The van der Waals surface area contributed by atoms with Crippen molar-refractivity contribution in [2.24, 2.45) is 0 Å².